The number of nitrogens with zero attached hydrogens (tertiary/aromatic N) is 4. The van der Waals surface area contributed by atoms with Gasteiger partial charge in [-0.1, -0.05) is 25.8 Å². The van der Waals surface area contributed by atoms with Crippen molar-refractivity contribution in [2.45, 2.75) is 32.2 Å². The fourth-order valence-corrected chi connectivity index (χ4v) is 2.46. The SMILES string of the molecule is CN1C(=O)C2C(=Nc3[nH]c(C(C)(C)C)c[n+]32)N(C)C1=O. The van der Waals surface area contributed by atoms with Crippen molar-refractivity contribution in [2.24, 2.45) is 4.99 Å². The van der Waals surface area contributed by atoms with Crippen molar-refractivity contribution < 1.29 is 14.2 Å². The molecule has 2 aliphatic heterocycles. The molecule has 1 aromatic heterocycles. The fourth-order valence-electron chi connectivity index (χ4n) is 2.46. The minimum absolute atomic E-state index is 0.0572. The molecule has 0 spiro atoms. The van der Waals surface area contributed by atoms with Gasteiger partial charge in [0.15, 0.2) is 0 Å². The van der Waals surface area contributed by atoms with E-state index in [1.807, 2.05) is 6.20 Å². The molecule has 3 amide bonds. The van der Waals surface area contributed by atoms with E-state index in [1.54, 1.807) is 11.6 Å². The van der Waals surface area contributed by atoms with E-state index in [4.69, 9.17) is 0 Å². The lowest BCUT2D eigenvalue weighted by Crippen LogP contribution is -2.61. The standard InChI is InChI=1S/C13H17N5O2/c1-13(2,3)7-6-18-8-9(15-11(18)14-7)16(4)12(20)17(5)10(8)19/h6,8H,1-5H3/p+1. The normalized spacial score (nSPS) is 22.1. The summed E-state index contributed by atoms with van der Waals surface area (Å²) in [7, 11) is 3.13. The maximum absolute atomic E-state index is 12.3. The molecular weight excluding hydrogens is 258 g/mol. The minimum atomic E-state index is -0.551. The van der Waals surface area contributed by atoms with Crippen LogP contribution in [0.4, 0.5) is 10.7 Å². The number of urea groups is 1. The molecule has 106 valence electrons. The van der Waals surface area contributed by atoms with Crippen LogP contribution >= 0.6 is 0 Å². The van der Waals surface area contributed by atoms with Gasteiger partial charge in [-0.2, -0.15) is 0 Å². The van der Waals surface area contributed by atoms with Crippen molar-refractivity contribution in [2.75, 3.05) is 14.1 Å². The van der Waals surface area contributed by atoms with Gasteiger partial charge in [0.2, 0.25) is 11.9 Å². The van der Waals surface area contributed by atoms with Crippen molar-refractivity contribution >= 4 is 23.7 Å². The van der Waals surface area contributed by atoms with Crippen molar-refractivity contribution in [1.82, 2.24) is 14.8 Å². The molecule has 0 bridgehead atoms. The first-order valence-corrected chi connectivity index (χ1v) is 6.50. The molecule has 2 aliphatic rings. The summed E-state index contributed by atoms with van der Waals surface area (Å²) >= 11 is 0. The van der Waals surface area contributed by atoms with Gasteiger partial charge in [0.1, 0.15) is 11.9 Å². The van der Waals surface area contributed by atoms with Gasteiger partial charge < -0.3 is 0 Å². The molecular formula is C13H18N5O2+. The first-order chi connectivity index (χ1) is 9.21. The summed E-state index contributed by atoms with van der Waals surface area (Å²) in [5.74, 6) is 0.832. The van der Waals surface area contributed by atoms with Crippen molar-refractivity contribution in [3.8, 4) is 0 Å². The lowest BCUT2D eigenvalue weighted by atomic mass is 9.93. The van der Waals surface area contributed by atoms with Crippen LogP contribution in [0.5, 0.6) is 0 Å². The molecule has 3 rings (SSSR count). The highest BCUT2D eigenvalue weighted by atomic mass is 16.2. The molecule has 7 heteroatoms. The van der Waals surface area contributed by atoms with Crippen LogP contribution in [-0.4, -0.2) is 46.7 Å². The van der Waals surface area contributed by atoms with Gasteiger partial charge in [-0.05, 0) is 0 Å². The Morgan fingerprint density at radius 2 is 1.90 bits per heavy atom. The zero-order chi connectivity index (χ0) is 14.8. The zero-order valence-corrected chi connectivity index (χ0v) is 12.3. The number of carbonyl (C=O) groups excluding carboxylic acids is 2. The summed E-state index contributed by atoms with van der Waals surface area (Å²) in [5, 5.41) is 0. The number of hydrogen-bond donors (Lipinski definition) is 1. The molecule has 7 nitrogen and oxygen atoms in total. The van der Waals surface area contributed by atoms with E-state index in [0.717, 1.165) is 10.6 Å². The van der Waals surface area contributed by atoms with E-state index < -0.39 is 6.04 Å². The molecule has 1 N–H and O–H groups in total. The third-order valence-electron chi connectivity index (χ3n) is 3.79. The second-order valence-corrected chi connectivity index (χ2v) is 6.26. The Morgan fingerprint density at radius 3 is 2.50 bits per heavy atom. The molecule has 0 radical (unpaired) electrons. The van der Waals surface area contributed by atoms with E-state index >= 15 is 0 Å². The number of carbonyl (C=O) groups is 2. The molecule has 20 heavy (non-hydrogen) atoms. The number of rotatable bonds is 0. The third-order valence-corrected chi connectivity index (χ3v) is 3.79. The van der Waals surface area contributed by atoms with Gasteiger partial charge in [0.05, 0.1) is 0 Å². The highest BCUT2D eigenvalue weighted by molar-refractivity contribution is 6.18. The van der Waals surface area contributed by atoms with Crippen molar-refractivity contribution in [3.05, 3.63) is 11.9 Å². The van der Waals surface area contributed by atoms with Crippen LogP contribution < -0.4 is 4.57 Å². The van der Waals surface area contributed by atoms with Crippen LogP contribution in [0, 0.1) is 0 Å². The molecule has 1 aromatic rings. The topological polar surface area (TPSA) is 72.7 Å². The number of fused-ring (bicyclic) bond motifs is 3. The number of aliphatic imine (C=N–C) groups is 1. The van der Waals surface area contributed by atoms with E-state index in [9.17, 15) is 9.59 Å². The molecule has 0 aliphatic carbocycles. The third kappa shape index (κ3) is 1.52. The number of amides is 3. The van der Waals surface area contributed by atoms with Gasteiger partial charge in [-0.3, -0.25) is 14.6 Å². The van der Waals surface area contributed by atoms with Crippen LogP contribution in [0.15, 0.2) is 11.2 Å². The zero-order valence-electron chi connectivity index (χ0n) is 12.3. The lowest BCUT2D eigenvalue weighted by Gasteiger charge is -2.30. The van der Waals surface area contributed by atoms with Crippen LogP contribution in [0.3, 0.4) is 0 Å². The number of H-pyrrole nitrogens is 1. The fraction of sp³-hybridized carbons (Fsp3) is 0.538. The Hall–Kier alpha value is -2.18. The maximum Gasteiger partial charge on any atom is 0.399 e. The van der Waals surface area contributed by atoms with Gasteiger partial charge in [-0.15, -0.1) is 0 Å². The molecule has 0 saturated carbocycles. The largest absolute Gasteiger partial charge is 0.399 e. The minimum Gasteiger partial charge on any atom is -0.270 e. The number of imidazole rings is 1. The molecule has 1 saturated heterocycles. The number of aromatic nitrogens is 2. The number of likely N-dealkylation sites (N-methyl/N-ethyl adjacent to an activating group) is 2. The van der Waals surface area contributed by atoms with Crippen LogP contribution in [0.1, 0.15) is 32.5 Å². The monoisotopic (exact) mass is 276 g/mol. The van der Waals surface area contributed by atoms with Crippen LogP contribution in [0.2, 0.25) is 0 Å². The van der Waals surface area contributed by atoms with Gasteiger partial charge in [-0.25, -0.2) is 14.3 Å². The van der Waals surface area contributed by atoms with E-state index in [-0.39, 0.29) is 17.4 Å². The smallest absolute Gasteiger partial charge is 0.270 e. The quantitative estimate of drug-likeness (QED) is 0.709. The number of imide groups is 1. The Morgan fingerprint density at radius 1 is 1.25 bits per heavy atom. The Labute approximate surface area is 116 Å². The molecule has 1 fully saturated rings. The summed E-state index contributed by atoms with van der Waals surface area (Å²) in [6.45, 7) is 6.26. The Bertz CT molecular complexity index is 652. The second kappa shape index (κ2) is 3.68. The predicted molar refractivity (Wildman–Crippen MR) is 71.7 cm³/mol. The summed E-state index contributed by atoms with van der Waals surface area (Å²) in [6, 6.07) is -0.906. The highest BCUT2D eigenvalue weighted by Crippen LogP contribution is 2.29. The van der Waals surface area contributed by atoms with Gasteiger partial charge >= 0.3 is 12.0 Å². The lowest BCUT2D eigenvalue weighted by molar-refractivity contribution is -0.676. The van der Waals surface area contributed by atoms with Crippen LogP contribution in [-0.2, 0) is 10.2 Å². The van der Waals surface area contributed by atoms with E-state index in [0.29, 0.717) is 11.8 Å². The molecule has 0 aromatic carbocycles. The number of nitrogens with one attached hydrogen (secondary N) is 1. The summed E-state index contributed by atoms with van der Waals surface area (Å²) < 4.78 is 1.80. The van der Waals surface area contributed by atoms with Crippen molar-refractivity contribution in [3.63, 3.8) is 0 Å². The number of amidine groups is 1. The first-order valence-electron chi connectivity index (χ1n) is 6.50. The van der Waals surface area contributed by atoms with Crippen LogP contribution in [0.25, 0.3) is 0 Å². The average molecular weight is 276 g/mol. The number of aromatic amines is 1. The first kappa shape index (κ1) is 12.8. The van der Waals surface area contributed by atoms with Crippen molar-refractivity contribution in [1.29, 1.82) is 0 Å². The maximum atomic E-state index is 12.3. The molecule has 3 heterocycles. The highest BCUT2D eigenvalue weighted by Gasteiger charge is 2.51. The Balaban J connectivity index is 2.11. The summed E-state index contributed by atoms with van der Waals surface area (Å²) in [6.07, 6.45) is 1.91. The molecule has 1 atom stereocenters. The van der Waals surface area contributed by atoms with Gasteiger partial charge in [0, 0.05) is 19.5 Å². The summed E-state index contributed by atoms with van der Waals surface area (Å²) in [4.78, 5) is 34.4. The van der Waals surface area contributed by atoms with E-state index in [2.05, 4.69) is 30.7 Å². The predicted octanol–water partition coefficient (Wildman–Crippen LogP) is 0.708. The Kier molecular flexibility index (Phi) is 2.36. The second-order valence-electron chi connectivity index (χ2n) is 6.26. The van der Waals surface area contributed by atoms with E-state index in [1.165, 1.54) is 11.9 Å². The number of hydrogen-bond acceptors (Lipinski definition) is 3. The summed E-state index contributed by atoms with van der Waals surface area (Å²) in [5.41, 5.74) is 0.948. The average Bonchev–Trinajstić information content (AvgIpc) is 2.90. The molecule has 1 unspecified atom stereocenters. The van der Waals surface area contributed by atoms with Gasteiger partial charge in [0.25, 0.3) is 5.91 Å².